The number of carbonyl (C=O) groups is 1. The van der Waals surface area contributed by atoms with Gasteiger partial charge >= 0.3 is 0 Å². The Morgan fingerprint density at radius 3 is 2.56 bits per heavy atom. The maximum Gasteiger partial charge on any atom is 0.279 e. The van der Waals surface area contributed by atoms with Gasteiger partial charge in [-0.05, 0) is 85.4 Å². The number of rotatable bonds is 4. The van der Waals surface area contributed by atoms with Crippen molar-refractivity contribution in [1.29, 1.82) is 0 Å². The lowest BCUT2D eigenvalue weighted by Crippen LogP contribution is -2.41. The summed E-state index contributed by atoms with van der Waals surface area (Å²) in [5.41, 5.74) is 3.22. The van der Waals surface area contributed by atoms with Gasteiger partial charge in [0.1, 0.15) is 11.5 Å². The molecule has 0 radical (unpaired) electrons. The number of thiazole rings is 1. The Balaban J connectivity index is 1.38. The lowest BCUT2D eigenvalue weighted by Gasteiger charge is -2.44. The zero-order valence-corrected chi connectivity index (χ0v) is 19.4. The van der Waals surface area contributed by atoms with Crippen LogP contribution in [0.25, 0.3) is 15.8 Å². The van der Waals surface area contributed by atoms with Crippen molar-refractivity contribution in [3.05, 3.63) is 58.3 Å². The summed E-state index contributed by atoms with van der Waals surface area (Å²) in [6, 6.07) is 11.4. The van der Waals surface area contributed by atoms with Crippen molar-refractivity contribution in [1.82, 2.24) is 4.98 Å². The number of aliphatic hydroxyl groups excluding tert-OH is 1. The van der Waals surface area contributed by atoms with Crippen LogP contribution in [0.15, 0.2) is 42.2 Å². The Labute approximate surface area is 195 Å². The van der Waals surface area contributed by atoms with Crippen LogP contribution in [0.1, 0.15) is 43.7 Å². The number of hydrogen-bond acceptors (Lipinski definition) is 5. The Bertz CT molecular complexity index is 1270. The summed E-state index contributed by atoms with van der Waals surface area (Å²) >= 11 is 7.53. The minimum Gasteiger partial charge on any atom is -0.511 e. The average Bonchev–Trinajstić information content (AvgIpc) is 3.32. The molecule has 1 heterocycles. The quantitative estimate of drug-likeness (QED) is 0.442. The highest BCUT2D eigenvalue weighted by Gasteiger charge is 2.54. The zero-order chi connectivity index (χ0) is 22.0. The molecule has 32 heavy (non-hydrogen) atoms. The molecule has 3 aromatic rings. The van der Waals surface area contributed by atoms with Crippen LogP contribution in [0.3, 0.4) is 0 Å². The van der Waals surface area contributed by atoms with Gasteiger partial charge in [-0.3, -0.25) is 4.79 Å². The third-order valence-electron chi connectivity index (χ3n) is 7.61. The summed E-state index contributed by atoms with van der Waals surface area (Å²) in [5, 5.41) is 12.4. The van der Waals surface area contributed by atoms with E-state index < -0.39 is 0 Å². The fourth-order valence-corrected chi connectivity index (χ4v) is 7.24. The Kier molecular flexibility index (Phi) is 4.81. The van der Waals surface area contributed by atoms with Crippen molar-refractivity contribution >= 4 is 44.5 Å². The predicted octanol–water partition coefficient (Wildman–Crippen LogP) is 7.21. The summed E-state index contributed by atoms with van der Waals surface area (Å²) in [6.07, 6.45) is 5.26. The van der Waals surface area contributed by atoms with Crippen molar-refractivity contribution < 1.29 is 14.6 Å². The summed E-state index contributed by atoms with van der Waals surface area (Å²) < 4.78 is 7.06. The average molecular weight is 466 g/mol. The summed E-state index contributed by atoms with van der Waals surface area (Å²) in [6.45, 7) is 2.07. The molecule has 4 aliphatic rings. The van der Waals surface area contributed by atoms with E-state index >= 15 is 0 Å². The normalized spacial score (nSPS) is 26.8. The molecule has 7 rings (SSSR count). The van der Waals surface area contributed by atoms with Gasteiger partial charge in [-0.2, -0.15) is 0 Å². The van der Waals surface area contributed by atoms with Crippen LogP contribution < -0.4 is 4.74 Å². The van der Waals surface area contributed by atoms with E-state index in [4.69, 9.17) is 16.3 Å². The second kappa shape index (κ2) is 7.60. The largest absolute Gasteiger partial charge is 0.511 e. The molecule has 0 aliphatic heterocycles. The van der Waals surface area contributed by atoms with E-state index in [1.54, 1.807) is 0 Å². The first kappa shape index (κ1) is 20.3. The van der Waals surface area contributed by atoms with Crippen molar-refractivity contribution in [2.75, 3.05) is 0 Å². The van der Waals surface area contributed by atoms with Gasteiger partial charge in [0.05, 0.1) is 15.8 Å². The van der Waals surface area contributed by atoms with E-state index in [9.17, 15) is 9.90 Å². The number of nitrogens with zero attached hydrogens (tertiary/aromatic N) is 1. The lowest BCUT2D eigenvalue weighted by atomic mass is 9.59. The van der Waals surface area contributed by atoms with Crippen LogP contribution in [0.5, 0.6) is 10.9 Å². The van der Waals surface area contributed by atoms with Crippen LogP contribution in [0.2, 0.25) is 5.02 Å². The predicted molar refractivity (Wildman–Crippen MR) is 128 cm³/mol. The number of halogens is 1. The van der Waals surface area contributed by atoms with Crippen molar-refractivity contribution in [2.45, 2.75) is 39.0 Å². The third-order valence-corrected chi connectivity index (χ3v) is 8.74. The van der Waals surface area contributed by atoms with E-state index in [0.717, 1.165) is 53.4 Å². The number of hydrogen-bond donors (Lipinski definition) is 1. The van der Waals surface area contributed by atoms with Gasteiger partial charge in [-0.1, -0.05) is 35.9 Å². The second-order valence-corrected chi connectivity index (χ2v) is 10.6. The molecule has 6 heteroatoms. The molecule has 4 aliphatic carbocycles. The summed E-state index contributed by atoms with van der Waals surface area (Å²) in [5.74, 6) is 1.88. The van der Waals surface area contributed by atoms with Crippen LogP contribution in [0, 0.1) is 23.7 Å². The highest BCUT2D eigenvalue weighted by Crippen LogP contribution is 2.57. The van der Waals surface area contributed by atoms with E-state index in [0.29, 0.717) is 39.1 Å². The lowest BCUT2D eigenvalue weighted by molar-refractivity contribution is -0.123. The molecule has 2 bridgehead atoms. The molecule has 0 amide bonds. The number of carbonyl (C=O) groups excluding carboxylic acids is 1. The molecule has 0 saturated heterocycles. The SMILES string of the molecule is CCc1ccc(Oc2nc3ccc(Cl)cc3s2)cc1C1=C(O)C2C(C1=O)[C@H]1CC[C@@H]2CC1. The van der Waals surface area contributed by atoms with Crippen molar-refractivity contribution in [2.24, 2.45) is 23.7 Å². The highest BCUT2D eigenvalue weighted by molar-refractivity contribution is 7.20. The molecule has 3 saturated carbocycles. The molecular formula is C26H24ClNO3S. The molecule has 1 aromatic heterocycles. The Morgan fingerprint density at radius 2 is 1.84 bits per heavy atom. The number of aromatic nitrogens is 1. The number of allylic oxidation sites excluding steroid dienone is 2. The van der Waals surface area contributed by atoms with Crippen LogP contribution in [-0.4, -0.2) is 15.9 Å². The number of ether oxygens (including phenoxy) is 1. The van der Waals surface area contributed by atoms with Gasteiger partial charge in [-0.25, -0.2) is 4.98 Å². The number of aryl methyl sites for hydroxylation is 1. The molecule has 164 valence electrons. The standard InChI is InChI=1S/C26H24ClNO3S/c1-2-13-7-9-17(31-26-28-19-10-8-16(27)11-20(19)32-26)12-18(13)23-24(29)21-14-3-4-15(6-5-14)22(21)25(23)30/h7-12,14-15,21-22,29H,2-6H2,1H3/t14-,15+,21?,22?. The maximum absolute atomic E-state index is 13.5. The summed E-state index contributed by atoms with van der Waals surface area (Å²) in [7, 11) is 0. The molecule has 4 nitrogen and oxygen atoms in total. The fourth-order valence-electron chi connectivity index (χ4n) is 6.13. The molecule has 2 atom stereocenters. The third kappa shape index (κ3) is 3.09. The Morgan fingerprint density at radius 1 is 1.09 bits per heavy atom. The number of ketones is 1. The zero-order valence-electron chi connectivity index (χ0n) is 17.8. The van der Waals surface area contributed by atoms with E-state index in [1.807, 2.05) is 36.4 Å². The van der Waals surface area contributed by atoms with Crippen LogP contribution in [0.4, 0.5) is 0 Å². The van der Waals surface area contributed by atoms with E-state index in [1.165, 1.54) is 11.3 Å². The molecule has 3 fully saturated rings. The molecule has 2 unspecified atom stereocenters. The molecular weight excluding hydrogens is 442 g/mol. The fraction of sp³-hybridized carbons (Fsp3) is 0.385. The van der Waals surface area contributed by atoms with Gasteiger partial charge < -0.3 is 9.84 Å². The van der Waals surface area contributed by atoms with Gasteiger partial charge in [0.25, 0.3) is 5.19 Å². The number of fused-ring (bicyclic) bond motifs is 3. The molecule has 0 spiro atoms. The first-order valence-corrected chi connectivity index (χ1v) is 12.6. The van der Waals surface area contributed by atoms with Crippen molar-refractivity contribution in [3.8, 4) is 10.9 Å². The van der Waals surface area contributed by atoms with E-state index in [2.05, 4.69) is 11.9 Å². The highest BCUT2D eigenvalue weighted by atomic mass is 35.5. The van der Waals surface area contributed by atoms with Gasteiger partial charge in [0.15, 0.2) is 5.78 Å². The topological polar surface area (TPSA) is 59.4 Å². The molecule has 1 N–H and O–H groups in total. The van der Waals surface area contributed by atoms with E-state index in [-0.39, 0.29) is 17.6 Å². The number of benzene rings is 2. The van der Waals surface area contributed by atoms with Crippen LogP contribution >= 0.6 is 22.9 Å². The number of Topliss-reactive ketones (excluding diaryl/α,β-unsaturated/α-hetero) is 1. The van der Waals surface area contributed by atoms with Gasteiger partial charge in [-0.15, -0.1) is 0 Å². The maximum atomic E-state index is 13.5. The summed E-state index contributed by atoms with van der Waals surface area (Å²) in [4.78, 5) is 18.1. The molecule has 2 aromatic carbocycles. The first-order chi connectivity index (χ1) is 15.5. The minimum absolute atomic E-state index is 0.00768. The first-order valence-electron chi connectivity index (χ1n) is 11.4. The van der Waals surface area contributed by atoms with Gasteiger partial charge in [0, 0.05) is 16.9 Å². The Hall–Kier alpha value is -2.37. The monoisotopic (exact) mass is 465 g/mol. The smallest absolute Gasteiger partial charge is 0.279 e. The number of aliphatic hydroxyl groups is 1. The van der Waals surface area contributed by atoms with Gasteiger partial charge in [0.2, 0.25) is 0 Å². The van der Waals surface area contributed by atoms with Crippen LogP contribution in [-0.2, 0) is 11.2 Å². The van der Waals surface area contributed by atoms with Crippen molar-refractivity contribution in [3.63, 3.8) is 0 Å². The minimum atomic E-state index is -0.0409. The second-order valence-electron chi connectivity index (χ2n) is 9.22.